The summed E-state index contributed by atoms with van der Waals surface area (Å²) in [6.07, 6.45) is 0. The molecule has 31 heavy (non-hydrogen) atoms. The summed E-state index contributed by atoms with van der Waals surface area (Å²) >= 11 is 0. The van der Waals surface area contributed by atoms with Crippen LogP contribution in [0.1, 0.15) is 50.7 Å². The van der Waals surface area contributed by atoms with Crippen LogP contribution < -0.4 is 9.05 Å². The van der Waals surface area contributed by atoms with E-state index in [0.29, 0.717) is 11.5 Å². The quantitative estimate of drug-likeness (QED) is 0.329. The summed E-state index contributed by atoms with van der Waals surface area (Å²) in [6.45, 7) is 8.24. The molecule has 0 bridgehead atoms. The molecule has 158 valence electrons. The molecule has 0 spiro atoms. The van der Waals surface area contributed by atoms with E-state index in [0.717, 1.165) is 43.8 Å². The molecule has 0 aliphatic carbocycles. The lowest BCUT2D eigenvalue weighted by molar-refractivity contribution is 0.292. The van der Waals surface area contributed by atoms with E-state index in [-0.39, 0.29) is 11.8 Å². The van der Waals surface area contributed by atoms with Crippen LogP contribution in [0.4, 0.5) is 0 Å². The third-order valence-electron chi connectivity index (χ3n) is 5.97. The molecule has 5 rings (SSSR count). The van der Waals surface area contributed by atoms with E-state index in [1.807, 2.05) is 36.4 Å². The summed E-state index contributed by atoms with van der Waals surface area (Å²) in [5.74, 6) is 1.06. The van der Waals surface area contributed by atoms with Crippen molar-refractivity contribution in [3.05, 3.63) is 71.8 Å². The van der Waals surface area contributed by atoms with Gasteiger partial charge in [-0.2, -0.15) is 0 Å². The molecule has 0 saturated heterocycles. The van der Waals surface area contributed by atoms with Gasteiger partial charge in [0.2, 0.25) is 0 Å². The first-order chi connectivity index (χ1) is 14.8. The van der Waals surface area contributed by atoms with E-state index < -0.39 is 7.82 Å². The van der Waals surface area contributed by atoms with Crippen molar-refractivity contribution >= 4 is 29.4 Å². The molecule has 4 nitrogen and oxygen atoms in total. The molecule has 0 aromatic heterocycles. The monoisotopic (exact) mass is 432 g/mol. The molecule has 0 fully saturated rings. The lowest BCUT2D eigenvalue weighted by Crippen LogP contribution is -2.02. The zero-order chi connectivity index (χ0) is 21.9. The van der Waals surface area contributed by atoms with E-state index in [4.69, 9.17) is 9.05 Å². The predicted octanol–water partition coefficient (Wildman–Crippen LogP) is 7.78. The van der Waals surface area contributed by atoms with Crippen LogP contribution in [0.25, 0.3) is 32.7 Å². The van der Waals surface area contributed by atoms with Gasteiger partial charge in [0.25, 0.3) is 0 Å². The van der Waals surface area contributed by atoms with Gasteiger partial charge in [-0.05, 0) is 56.6 Å². The number of phosphoric acid groups is 1. The van der Waals surface area contributed by atoms with Gasteiger partial charge in [-0.25, -0.2) is 4.57 Å². The van der Waals surface area contributed by atoms with E-state index >= 15 is 0 Å². The molecule has 0 unspecified atom stereocenters. The van der Waals surface area contributed by atoms with Gasteiger partial charge in [0.05, 0.1) is 0 Å². The summed E-state index contributed by atoms with van der Waals surface area (Å²) in [4.78, 5) is 10.7. The molecule has 0 amide bonds. The Kier molecular flexibility index (Phi) is 4.62. The van der Waals surface area contributed by atoms with Gasteiger partial charge in [0.1, 0.15) is 11.5 Å². The number of hydrogen-bond acceptors (Lipinski definition) is 3. The Bertz CT molecular complexity index is 1280. The normalized spacial score (nSPS) is 14.8. The highest BCUT2D eigenvalue weighted by molar-refractivity contribution is 7.48. The maximum Gasteiger partial charge on any atom is 0.584 e. The first-order valence-corrected chi connectivity index (χ1v) is 12.1. The van der Waals surface area contributed by atoms with Crippen LogP contribution in [0.3, 0.4) is 0 Å². The largest absolute Gasteiger partial charge is 0.584 e. The van der Waals surface area contributed by atoms with Crippen molar-refractivity contribution in [1.29, 1.82) is 0 Å². The Morgan fingerprint density at radius 1 is 0.710 bits per heavy atom. The molecular weight excluding hydrogens is 407 g/mol. The fourth-order valence-electron chi connectivity index (χ4n) is 4.50. The fraction of sp³-hybridized carbons (Fsp3) is 0.231. The van der Waals surface area contributed by atoms with E-state index in [9.17, 15) is 9.46 Å². The summed E-state index contributed by atoms with van der Waals surface area (Å²) in [5.41, 5.74) is 3.42. The molecule has 0 saturated carbocycles. The van der Waals surface area contributed by atoms with Crippen molar-refractivity contribution in [3.63, 3.8) is 0 Å². The number of phosphoric ester groups is 1. The molecule has 0 radical (unpaired) electrons. The Morgan fingerprint density at radius 3 is 1.48 bits per heavy atom. The van der Waals surface area contributed by atoms with Gasteiger partial charge in [0, 0.05) is 11.1 Å². The van der Waals surface area contributed by atoms with Gasteiger partial charge in [-0.1, -0.05) is 76.2 Å². The maximum absolute atomic E-state index is 13.1. The SMILES string of the molecule is CC(C)c1cc2ccccc2c2c1OP(=O)(O)Oc1c(C(C)C)cc3ccccc3c1-2. The second-order valence-electron chi connectivity index (χ2n) is 8.74. The maximum atomic E-state index is 13.1. The third kappa shape index (κ3) is 3.22. The topological polar surface area (TPSA) is 55.8 Å². The van der Waals surface area contributed by atoms with Gasteiger partial charge in [0.15, 0.2) is 0 Å². The molecule has 1 heterocycles. The van der Waals surface area contributed by atoms with Gasteiger partial charge < -0.3 is 9.05 Å². The summed E-state index contributed by atoms with van der Waals surface area (Å²) in [7, 11) is -4.38. The van der Waals surface area contributed by atoms with Crippen LogP contribution in [-0.4, -0.2) is 4.89 Å². The first kappa shape index (κ1) is 20.1. The summed E-state index contributed by atoms with van der Waals surface area (Å²) in [5, 5.41) is 4.07. The molecule has 5 heteroatoms. The van der Waals surface area contributed by atoms with Crippen LogP contribution in [0.2, 0.25) is 0 Å². The fourth-order valence-corrected chi connectivity index (χ4v) is 5.39. The van der Waals surface area contributed by atoms with E-state index in [1.54, 1.807) is 0 Å². The van der Waals surface area contributed by atoms with Crippen molar-refractivity contribution in [2.75, 3.05) is 0 Å². The zero-order valence-corrected chi connectivity index (χ0v) is 18.9. The number of rotatable bonds is 2. The first-order valence-electron chi connectivity index (χ1n) is 10.6. The van der Waals surface area contributed by atoms with Crippen LogP contribution in [-0.2, 0) is 4.57 Å². The van der Waals surface area contributed by atoms with Crippen LogP contribution in [0, 0.1) is 0 Å². The minimum atomic E-state index is -4.38. The summed E-state index contributed by atoms with van der Waals surface area (Å²) < 4.78 is 24.7. The Labute approximate surface area is 182 Å². The Hall–Kier alpha value is -2.81. The average Bonchev–Trinajstić information content (AvgIpc) is 2.85. The minimum absolute atomic E-state index is 0.0967. The van der Waals surface area contributed by atoms with Crippen molar-refractivity contribution in [1.82, 2.24) is 0 Å². The lowest BCUT2D eigenvalue weighted by Gasteiger charge is -2.20. The van der Waals surface area contributed by atoms with Crippen LogP contribution in [0.5, 0.6) is 11.5 Å². The molecule has 0 atom stereocenters. The average molecular weight is 432 g/mol. The lowest BCUT2D eigenvalue weighted by atomic mass is 9.85. The number of fused-ring (bicyclic) bond motifs is 7. The summed E-state index contributed by atoms with van der Waals surface area (Å²) in [6, 6.07) is 20.3. The molecule has 4 aromatic rings. The van der Waals surface area contributed by atoms with Crippen LogP contribution >= 0.6 is 7.82 Å². The van der Waals surface area contributed by atoms with E-state index in [2.05, 4.69) is 52.0 Å². The minimum Gasteiger partial charge on any atom is -0.394 e. The molecular formula is C26H25O4P. The van der Waals surface area contributed by atoms with Gasteiger partial charge in [-0.15, -0.1) is 0 Å². The van der Waals surface area contributed by atoms with Crippen molar-refractivity contribution in [2.24, 2.45) is 0 Å². The highest BCUT2D eigenvalue weighted by Gasteiger charge is 2.37. The third-order valence-corrected chi connectivity index (χ3v) is 6.79. The van der Waals surface area contributed by atoms with Crippen molar-refractivity contribution < 1.29 is 18.5 Å². The Morgan fingerprint density at radius 2 is 1.10 bits per heavy atom. The highest BCUT2D eigenvalue weighted by Crippen LogP contribution is 2.60. The second kappa shape index (κ2) is 7.12. The molecule has 1 aliphatic heterocycles. The van der Waals surface area contributed by atoms with Crippen LogP contribution in [0.15, 0.2) is 60.7 Å². The van der Waals surface area contributed by atoms with Gasteiger partial charge in [-0.3, -0.25) is 4.89 Å². The smallest absolute Gasteiger partial charge is 0.394 e. The zero-order valence-electron chi connectivity index (χ0n) is 18.0. The molecule has 1 aliphatic rings. The van der Waals surface area contributed by atoms with Gasteiger partial charge >= 0.3 is 7.82 Å². The Balaban J connectivity index is 2.08. The standard InChI is InChI=1S/C26H25O4P/c1-15(2)21-13-17-9-5-7-11-19(17)23-24-20-12-8-6-10-18(20)14-22(16(3)4)26(24)30-31(27,28)29-25(21)23/h5-16H,1-4H3,(H,27,28). The number of benzene rings is 4. The van der Waals surface area contributed by atoms with Crippen molar-refractivity contribution in [2.45, 2.75) is 39.5 Å². The van der Waals surface area contributed by atoms with Crippen molar-refractivity contribution in [3.8, 4) is 22.6 Å². The predicted molar refractivity (Wildman–Crippen MR) is 126 cm³/mol. The molecule has 4 aromatic carbocycles. The highest BCUT2D eigenvalue weighted by atomic mass is 31.2. The molecule has 1 N–H and O–H groups in total. The number of hydrogen-bond donors (Lipinski definition) is 1. The second-order valence-corrected chi connectivity index (χ2v) is 10.0. The van der Waals surface area contributed by atoms with E-state index in [1.165, 1.54) is 0 Å².